The Bertz CT molecular complexity index is 543. The smallest absolute Gasteiger partial charge is 0.262 e. The first-order valence-corrected chi connectivity index (χ1v) is 4.50. The summed E-state index contributed by atoms with van der Waals surface area (Å²) in [6.07, 6.45) is 3.11. The second-order valence-electron chi connectivity index (χ2n) is 3.09. The van der Waals surface area contributed by atoms with Gasteiger partial charge >= 0.3 is 0 Å². The molecule has 0 radical (unpaired) electrons. The van der Waals surface area contributed by atoms with E-state index in [0.717, 1.165) is 0 Å². The summed E-state index contributed by atoms with van der Waals surface area (Å²) in [7, 11) is 1.55. The minimum atomic E-state index is -0.151. The number of nitrogens with two attached hydrogens (primary N) is 1. The van der Waals surface area contributed by atoms with Crippen molar-refractivity contribution in [3.05, 3.63) is 40.4 Å². The molecule has 0 saturated carbocycles. The molecule has 2 rings (SSSR count). The van der Waals surface area contributed by atoms with Crippen molar-refractivity contribution in [2.45, 2.75) is 6.54 Å². The monoisotopic (exact) mass is 205 g/mol. The molecule has 15 heavy (non-hydrogen) atoms. The van der Waals surface area contributed by atoms with Crippen LogP contribution >= 0.6 is 0 Å². The highest BCUT2D eigenvalue weighted by Gasteiger charge is 2.03. The Morgan fingerprint density at radius 1 is 1.53 bits per heavy atom. The van der Waals surface area contributed by atoms with Gasteiger partial charge in [0.15, 0.2) is 0 Å². The van der Waals surface area contributed by atoms with Crippen molar-refractivity contribution in [3.63, 3.8) is 0 Å². The molecule has 78 valence electrons. The maximum absolute atomic E-state index is 11.8. The molecule has 2 aromatic heterocycles. The molecule has 0 aliphatic heterocycles. The van der Waals surface area contributed by atoms with Crippen LogP contribution in [0.25, 0.3) is 5.65 Å². The maximum Gasteiger partial charge on any atom is 0.262 e. The number of ether oxygens (including phenoxy) is 1. The number of aromatic nitrogens is 2. The van der Waals surface area contributed by atoms with Crippen LogP contribution in [0.5, 0.6) is 5.75 Å². The van der Waals surface area contributed by atoms with E-state index in [4.69, 9.17) is 10.5 Å². The lowest BCUT2D eigenvalue weighted by molar-refractivity contribution is 0.412. The molecule has 0 fully saturated rings. The first kappa shape index (κ1) is 9.67. The van der Waals surface area contributed by atoms with E-state index < -0.39 is 0 Å². The zero-order chi connectivity index (χ0) is 10.8. The Hall–Kier alpha value is -1.88. The summed E-state index contributed by atoms with van der Waals surface area (Å²) in [5.41, 5.74) is 6.34. The number of hydrogen-bond acceptors (Lipinski definition) is 4. The standard InChI is InChI=1S/C10H11N3O2/c1-15-8-2-3-9-12-5-7(4-11)10(14)13(9)6-8/h2-3,5-6H,4,11H2,1H3. The maximum atomic E-state index is 11.8. The quantitative estimate of drug-likeness (QED) is 0.758. The van der Waals surface area contributed by atoms with Crippen molar-refractivity contribution in [1.82, 2.24) is 9.38 Å². The predicted octanol–water partition coefficient (Wildman–Crippen LogP) is 0.162. The van der Waals surface area contributed by atoms with Gasteiger partial charge in [0.25, 0.3) is 5.56 Å². The van der Waals surface area contributed by atoms with Crippen molar-refractivity contribution >= 4 is 5.65 Å². The Kier molecular flexibility index (Phi) is 2.39. The third kappa shape index (κ3) is 1.57. The summed E-state index contributed by atoms with van der Waals surface area (Å²) >= 11 is 0. The van der Waals surface area contributed by atoms with Crippen LogP contribution in [0, 0.1) is 0 Å². The van der Waals surface area contributed by atoms with Gasteiger partial charge in [-0.05, 0) is 12.1 Å². The van der Waals surface area contributed by atoms with Gasteiger partial charge in [-0.25, -0.2) is 4.98 Å². The lowest BCUT2D eigenvalue weighted by Crippen LogP contribution is -2.21. The Labute approximate surface area is 86.1 Å². The summed E-state index contributed by atoms with van der Waals surface area (Å²) in [4.78, 5) is 15.9. The lowest BCUT2D eigenvalue weighted by Gasteiger charge is -2.04. The lowest BCUT2D eigenvalue weighted by atomic mass is 10.3. The number of pyridine rings is 1. The fraction of sp³-hybridized carbons (Fsp3) is 0.200. The van der Waals surface area contributed by atoms with Crippen molar-refractivity contribution in [2.75, 3.05) is 7.11 Å². The summed E-state index contributed by atoms with van der Waals surface area (Å²) < 4.78 is 6.46. The number of fused-ring (bicyclic) bond motifs is 1. The Morgan fingerprint density at radius 2 is 2.33 bits per heavy atom. The first-order chi connectivity index (χ1) is 7.26. The van der Waals surface area contributed by atoms with Gasteiger partial charge in [-0.2, -0.15) is 0 Å². The minimum absolute atomic E-state index is 0.151. The van der Waals surface area contributed by atoms with E-state index in [1.54, 1.807) is 25.4 Å². The van der Waals surface area contributed by atoms with Crippen LogP contribution in [-0.4, -0.2) is 16.5 Å². The van der Waals surface area contributed by atoms with Crippen LogP contribution in [0.1, 0.15) is 5.56 Å². The van der Waals surface area contributed by atoms with Crippen LogP contribution in [0.4, 0.5) is 0 Å². The first-order valence-electron chi connectivity index (χ1n) is 4.50. The third-order valence-electron chi connectivity index (χ3n) is 2.20. The molecule has 0 atom stereocenters. The molecule has 2 heterocycles. The fourth-order valence-corrected chi connectivity index (χ4v) is 1.36. The van der Waals surface area contributed by atoms with Crippen molar-refractivity contribution in [3.8, 4) is 5.75 Å². The third-order valence-corrected chi connectivity index (χ3v) is 2.20. The largest absolute Gasteiger partial charge is 0.495 e. The van der Waals surface area contributed by atoms with E-state index in [2.05, 4.69) is 4.98 Å². The molecule has 2 N–H and O–H groups in total. The van der Waals surface area contributed by atoms with Gasteiger partial charge in [-0.15, -0.1) is 0 Å². The molecule has 0 aromatic carbocycles. The highest BCUT2D eigenvalue weighted by Crippen LogP contribution is 2.09. The number of rotatable bonds is 2. The van der Waals surface area contributed by atoms with E-state index in [-0.39, 0.29) is 12.1 Å². The molecule has 0 spiro atoms. The average Bonchev–Trinajstić information content (AvgIpc) is 2.29. The van der Waals surface area contributed by atoms with E-state index in [0.29, 0.717) is 17.0 Å². The van der Waals surface area contributed by atoms with Crippen molar-refractivity contribution < 1.29 is 4.74 Å². The normalized spacial score (nSPS) is 10.5. The van der Waals surface area contributed by atoms with Crippen LogP contribution in [0.3, 0.4) is 0 Å². The van der Waals surface area contributed by atoms with E-state index in [1.165, 1.54) is 10.6 Å². The minimum Gasteiger partial charge on any atom is -0.495 e. The van der Waals surface area contributed by atoms with E-state index in [1.807, 2.05) is 0 Å². The summed E-state index contributed by atoms with van der Waals surface area (Å²) in [5, 5.41) is 0. The molecule has 0 amide bonds. The molecule has 0 saturated heterocycles. The molecular weight excluding hydrogens is 194 g/mol. The Morgan fingerprint density at radius 3 is 3.00 bits per heavy atom. The average molecular weight is 205 g/mol. The van der Waals surface area contributed by atoms with E-state index >= 15 is 0 Å². The molecule has 0 unspecified atom stereocenters. The zero-order valence-electron chi connectivity index (χ0n) is 8.30. The van der Waals surface area contributed by atoms with Gasteiger partial charge in [0.2, 0.25) is 0 Å². The highest BCUT2D eigenvalue weighted by molar-refractivity contribution is 5.41. The number of hydrogen-bond donors (Lipinski definition) is 1. The fourth-order valence-electron chi connectivity index (χ4n) is 1.36. The predicted molar refractivity (Wildman–Crippen MR) is 55.9 cm³/mol. The molecule has 5 nitrogen and oxygen atoms in total. The van der Waals surface area contributed by atoms with Crippen LogP contribution < -0.4 is 16.0 Å². The zero-order valence-corrected chi connectivity index (χ0v) is 8.30. The summed E-state index contributed by atoms with van der Waals surface area (Å²) in [6.45, 7) is 0.186. The molecular formula is C10H11N3O2. The molecule has 5 heteroatoms. The van der Waals surface area contributed by atoms with E-state index in [9.17, 15) is 4.79 Å². The second kappa shape index (κ2) is 3.70. The number of nitrogens with zero attached hydrogens (tertiary/aromatic N) is 2. The van der Waals surface area contributed by atoms with Crippen molar-refractivity contribution in [2.24, 2.45) is 5.73 Å². The molecule has 0 bridgehead atoms. The van der Waals surface area contributed by atoms with Crippen LogP contribution in [0.2, 0.25) is 0 Å². The summed E-state index contributed by atoms with van der Waals surface area (Å²) in [5.74, 6) is 0.612. The van der Waals surface area contributed by atoms with Crippen LogP contribution in [0.15, 0.2) is 29.3 Å². The Balaban J connectivity index is 2.78. The van der Waals surface area contributed by atoms with Gasteiger partial charge in [0.1, 0.15) is 11.4 Å². The molecule has 0 aliphatic carbocycles. The number of methoxy groups -OCH3 is 1. The molecule has 0 aliphatic rings. The molecule has 2 aromatic rings. The van der Waals surface area contributed by atoms with Gasteiger partial charge < -0.3 is 10.5 Å². The van der Waals surface area contributed by atoms with Gasteiger partial charge in [-0.1, -0.05) is 0 Å². The second-order valence-corrected chi connectivity index (χ2v) is 3.09. The van der Waals surface area contributed by atoms with Gasteiger partial charge in [-0.3, -0.25) is 9.20 Å². The van der Waals surface area contributed by atoms with Gasteiger partial charge in [0, 0.05) is 18.3 Å². The van der Waals surface area contributed by atoms with Crippen molar-refractivity contribution in [1.29, 1.82) is 0 Å². The topological polar surface area (TPSA) is 69.6 Å². The summed E-state index contributed by atoms with van der Waals surface area (Å²) in [6, 6.07) is 3.48. The SMILES string of the molecule is COc1ccc2ncc(CN)c(=O)n2c1. The van der Waals surface area contributed by atoms with Gasteiger partial charge in [0.05, 0.1) is 13.3 Å². The van der Waals surface area contributed by atoms with Crippen LogP contribution in [-0.2, 0) is 6.54 Å². The highest BCUT2D eigenvalue weighted by atomic mass is 16.5.